The van der Waals surface area contributed by atoms with Crippen LogP contribution in [0.1, 0.15) is 16.1 Å². The summed E-state index contributed by atoms with van der Waals surface area (Å²) in [5.41, 5.74) is 2.26. The molecule has 0 aliphatic carbocycles. The number of aryl methyl sites for hydroxylation is 1. The van der Waals surface area contributed by atoms with Gasteiger partial charge in [0.15, 0.2) is 11.5 Å². The van der Waals surface area contributed by atoms with E-state index in [1.54, 1.807) is 24.3 Å². The Bertz CT molecular complexity index is 848. The quantitative estimate of drug-likeness (QED) is 0.764. The van der Waals surface area contributed by atoms with Gasteiger partial charge in [-0.1, -0.05) is 29.8 Å². The number of benzene rings is 2. The van der Waals surface area contributed by atoms with Crippen LogP contribution in [0.2, 0.25) is 0 Å². The van der Waals surface area contributed by atoms with Crippen LogP contribution in [-0.4, -0.2) is 16.1 Å². The smallest absolute Gasteiger partial charge is 0.276 e. The number of anilines is 3. The average molecular weight is 322 g/mol. The molecule has 120 valence electrons. The summed E-state index contributed by atoms with van der Waals surface area (Å²) in [7, 11) is 0. The molecule has 0 radical (unpaired) electrons. The molecule has 6 heteroatoms. The lowest BCUT2D eigenvalue weighted by molar-refractivity contribution is 0.102. The number of hydrogen-bond donors (Lipinski definition) is 2. The molecule has 1 aromatic heterocycles. The number of amides is 1. The molecule has 0 saturated heterocycles. The van der Waals surface area contributed by atoms with E-state index in [1.807, 2.05) is 31.2 Å². The first-order valence-corrected chi connectivity index (χ1v) is 7.35. The van der Waals surface area contributed by atoms with Gasteiger partial charge in [-0.25, -0.2) is 4.39 Å². The molecule has 3 aromatic rings. The van der Waals surface area contributed by atoms with Gasteiger partial charge in [-0.15, -0.1) is 10.2 Å². The SMILES string of the molecule is Cc1ccc(NC(=O)c2ccc(Nc3ccccc3F)nn2)cc1. The minimum atomic E-state index is -0.388. The fourth-order valence-electron chi connectivity index (χ4n) is 2.05. The maximum atomic E-state index is 13.6. The molecule has 0 spiro atoms. The first kappa shape index (κ1) is 15.6. The van der Waals surface area contributed by atoms with Gasteiger partial charge in [-0.2, -0.15) is 0 Å². The molecular formula is C18H15FN4O. The van der Waals surface area contributed by atoms with E-state index in [2.05, 4.69) is 20.8 Å². The van der Waals surface area contributed by atoms with Gasteiger partial charge in [0.05, 0.1) is 5.69 Å². The van der Waals surface area contributed by atoms with Crippen LogP contribution in [0.3, 0.4) is 0 Å². The van der Waals surface area contributed by atoms with Crippen molar-refractivity contribution in [1.82, 2.24) is 10.2 Å². The summed E-state index contributed by atoms with van der Waals surface area (Å²) in [6.45, 7) is 1.97. The van der Waals surface area contributed by atoms with Gasteiger partial charge in [0, 0.05) is 5.69 Å². The van der Waals surface area contributed by atoms with Crippen LogP contribution in [0.25, 0.3) is 0 Å². The summed E-state index contributed by atoms with van der Waals surface area (Å²) >= 11 is 0. The van der Waals surface area contributed by atoms with Crippen molar-refractivity contribution >= 4 is 23.1 Å². The van der Waals surface area contributed by atoms with Gasteiger partial charge < -0.3 is 10.6 Å². The highest BCUT2D eigenvalue weighted by atomic mass is 19.1. The number of carbonyl (C=O) groups is 1. The number of nitrogens with zero attached hydrogens (tertiary/aromatic N) is 2. The second-order valence-corrected chi connectivity index (χ2v) is 5.23. The minimum absolute atomic E-state index is 0.176. The zero-order valence-corrected chi connectivity index (χ0v) is 13.0. The first-order valence-electron chi connectivity index (χ1n) is 7.35. The van der Waals surface area contributed by atoms with Crippen molar-refractivity contribution < 1.29 is 9.18 Å². The number of para-hydroxylation sites is 1. The van der Waals surface area contributed by atoms with Crippen LogP contribution < -0.4 is 10.6 Å². The van der Waals surface area contributed by atoms with Crippen molar-refractivity contribution in [2.24, 2.45) is 0 Å². The van der Waals surface area contributed by atoms with Crippen molar-refractivity contribution in [2.75, 3.05) is 10.6 Å². The molecule has 0 aliphatic heterocycles. The second kappa shape index (κ2) is 6.87. The van der Waals surface area contributed by atoms with E-state index in [4.69, 9.17) is 0 Å². The van der Waals surface area contributed by atoms with Crippen LogP contribution in [0.5, 0.6) is 0 Å². The topological polar surface area (TPSA) is 66.9 Å². The van der Waals surface area contributed by atoms with Gasteiger partial charge in [0.25, 0.3) is 5.91 Å². The van der Waals surface area contributed by atoms with Gasteiger partial charge in [-0.05, 0) is 43.3 Å². The Morgan fingerprint density at radius 3 is 2.38 bits per heavy atom. The third kappa shape index (κ3) is 3.73. The highest BCUT2D eigenvalue weighted by molar-refractivity contribution is 6.02. The normalized spacial score (nSPS) is 10.2. The summed E-state index contributed by atoms with van der Waals surface area (Å²) < 4.78 is 13.6. The highest BCUT2D eigenvalue weighted by Crippen LogP contribution is 2.17. The molecule has 24 heavy (non-hydrogen) atoms. The maximum absolute atomic E-state index is 13.6. The number of aromatic nitrogens is 2. The van der Waals surface area contributed by atoms with Crippen LogP contribution >= 0.6 is 0 Å². The summed E-state index contributed by atoms with van der Waals surface area (Å²) in [6, 6.07) is 16.8. The Morgan fingerprint density at radius 1 is 0.958 bits per heavy atom. The van der Waals surface area contributed by atoms with E-state index in [-0.39, 0.29) is 17.4 Å². The van der Waals surface area contributed by atoms with Crippen molar-refractivity contribution in [3.63, 3.8) is 0 Å². The number of nitrogens with one attached hydrogen (secondary N) is 2. The number of hydrogen-bond acceptors (Lipinski definition) is 4. The van der Waals surface area contributed by atoms with Crippen LogP contribution in [-0.2, 0) is 0 Å². The lowest BCUT2D eigenvalue weighted by Gasteiger charge is -2.07. The highest BCUT2D eigenvalue weighted by Gasteiger charge is 2.09. The van der Waals surface area contributed by atoms with Crippen LogP contribution in [0, 0.1) is 12.7 Å². The van der Waals surface area contributed by atoms with Crippen molar-refractivity contribution in [1.29, 1.82) is 0 Å². The van der Waals surface area contributed by atoms with Crippen molar-refractivity contribution in [2.45, 2.75) is 6.92 Å². The molecule has 1 amide bonds. The molecule has 2 aromatic carbocycles. The van der Waals surface area contributed by atoms with Gasteiger partial charge >= 0.3 is 0 Å². The second-order valence-electron chi connectivity index (χ2n) is 5.23. The molecule has 0 saturated carbocycles. The molecule has 0 aliphatic rings. The summed E-state index contributed by atoms with van der Waals surface area (Å²) in [5.74, 6) is -0.392. The first-order chi connectivity index (χ1) is 11.6. The number of rotatable bonds is 4. The zero-order chi connectivity index (χ0) is 16.9. The lowest BCUT2D eigenvalue weighted by atomic mass is 10.2. The molecule has 3 rings (SSSR count). The van der Waals surface area contributed by atoms with Gasteiger partial charge in [-0.3, -0.25) is 4.79 Å². The summed E-state index contributed by atoms with van der Waals surface area (Å²) in [5, 5.41) is 13.3. The van der Waals surface area contributed by atoms with Crippen LogP contribution in [0.15, 0.2) is 60.7 Å². The molecule has 0 unspecified atom stereocenters. The minimum Gasteiger partial charge on any atom is -0.336 e. The van der Waals surface area contributed by atoms with E-state index in [0.29, 0.717) is 17.2 Å². The monoisotopic (exact) mass is 322 g/mol. The Kier molecular flexibility index (Phi) is 4.47. The lowest BCUT2D eigenvalue weighted by Crippen LogP contribution is -2.14. The maximum Gasteiger partial charge on any atom is 0.276 e. The Labute approximate surface area is 138 Å². The van der Waals surface area contributed by atoms with Crippen molar-refractivity contribution in [3.05, 3.63) is 77.7 Å². The standard InChI is InChI=1S/C18H15FN4O/c1-12-6-8-13(9-7-12)20-18(24)16-10-11-17(23-22-16)21-15-5-3-2-4-14(15)19/h2-11H,1H3,(H,20,24)(H,21,23). The Balaban J connectivity index is 1.68. The largest absolute Gasteiger partial charge is 0.336 e. The molecule has 2 N–H and O–H groups in total. The van der Waals surface area contributed by atoms with Crippen molar-refractivity contribution in [3.8, 4) is 0 Å². The van der Waals surface area contributed by atoms with E-state index in [0.717, 1.165) is 5.56 Å². The predicted octanol–water partition coefficient (Wildman–Crippen LogP) is 3.92. The zero-order valence-electron chi connectivity index (χ0n) is 13.0. The van der Waals surface area contributed by atoms with Gasteiger partial charge in [0.2, 0.25) is 0 Å². The summed E-state index contributed by atoms with van der Waals surface area (Å²) in [6.07, 6.45) is 0. The van der Waals surface area contributed by atoms with Gasteiger partial charge in [0.1, 0.15) is 5.82 Å². The predicted molar refractivity (Wildman–Crippen MR) is 90.8 cm³/mol. The van der Waals surface area contributed by atoms with E-state index >= 15 is 0 Å². The van der Waals surface area contributed by atoms with E-state index in [9.17, 15) is 9.18 Å². The Hall–Kier alpha value is -3.28. The molecule has 5 nitrogen and oxygen atoms in total. The third-order valence-corrected chi connectivity index (χ3v) is 3.34. The fourth-order valence-corrected chi connectivity index (χ4v) is 2.05. The van der Waals surface area contributed by atoms with E-state index < -0.39 is 0 Å². The molecular weight excluding hydrogens is 307 g/mol. The molecule has 0 fully saturated rings. The number of halogens is 1. The number of carbonyl (C=O) groups excluding carboxylic acids is 1. The fraction of sp³-hybridized carbons (Fsp3) is 0.0556. The Morgan fingerprint density at radius 2 is 1.71 bits per heavy atom. The third-order valence-electron chi connectivity index (χ3n) is 3.34. The summed E-state index contributed by atoms with van der Waals surface area (Å²) in [4.78, 5) is 12.1. The molecule has 1 heterocycles. The molecule has 0 bridgehead atoms. The average Bonchev–Trinajstić information content (AvgIpc) is 2.59. The van der Waals surface area contributed by atoms with Crippen LogP contribution in [0.4, 0.5) is 21.6 Å². The molecule has 0 atom stereocenters. The van der Waals surface area contributed by atoms with E-state index in [1.165, 1.54) is 12.1 Å².